The minimum Gasteiger partial charge on any atom is -0.380 e. The normalized spacial score (nSPS) is 27.7. The predicted octanol–water partition coefficient (Wildman–Crippen LogP) is 1.00. The minimum atomic E-state index is -0.698. The Morgan fingerprint density at radius 2 is 1.96 bits per heavy atom. The minimum absolute atomic E-state index is 0.0571. The highest BCUT2D eigenvalue weighted by molar-refractivity contribution is 5.91. The number of ether oxygens (including phenoxy) is 1. The van der Waals surface area contributed by atoms with Crippen molar-refractivity contribution in [1.29, 1.82) is 0 Å². The second-order valence-electron chi connectivity index (χ2n) is 7.20. The van der Waals surface area contributed by atoms with Gasteiger partial charge in [0.25, 0.3) is 0 Å². The highest BCUT2D eigenvalue weighted by Gasteiger charge is 2.43. The monoisotopic (exact) mass is 325 g/mol. The molecule has 2 amide bonds. The molecule has 1 N–H and O–H groups in total. The molecule has 2 rings (SSSR count). The summed E-state index contributed by atoms with van der Waals surface area (Å²) < 4.78 is 5.44. The fourth-order valence-corrected chi connectivity index (χ4v) is 4.06. The molecule has 2 aliphatic rings. The quantitative estimate of drug-likeness (QED) is 0.819. The van der Waals surface area contributed by atoms with Crippen molar-refractivity contribution in [1.82, 2.24) is 15.1 Å². The lowest BCUT2D eigenvalue weighted by Crippen LogP contribution is -2.60. The van der Waals surface area contributed by atoms with Crippen molar-refractivity contribution in [3.63, 3.8) is 0 Å². The number of likely N-dealkylation sites (N-methyl/N-ethyl adjacent to an activating group) is 2. The van der Waals surface area contributed by atoms with E-state index < -0.39 is 5.54 Å². The van der Waals surface area contributed by atoms with E-state index in [4.69, 9.17) is 4.74 Å². The van der Waals surface area contributed by atoms with Crippen LogP contribution >= 0.6 is 0 Å². The van der Waals surface area contributed by atoms with Gasteiger partial charge in [-0.25, -0.2) is 0 Å². The summed E-state index contributed by atoms with van der Waals surface area (Å²) in [7, 11) is 5.67. The highest BCUT2D eigenvalue weighted by atomic mass is 16.5. The van der Waals surface area contributed by atoms with Crippen LogP contribution in [0.2, 0.25) is 0 Å². The van der Waals surface area contributed by atoms with Gasteiger partial charge < -0.3 is 15.0 Å². The van der Waals surface area contributed by atoms with E-state index in [9.17, 15) is 9.59 Å². The molecule has 132 valence electrons. The standard InChI is InChI=1S/C17H31N3O3/c1-13(21)18-17(8-6-5-7-9-17)16(22)20(3)11-14-10-15(23-4)12-19(14)2/h14-15H,5-12H2,1-4H3,(H,18,21)/t14-,15-/m0/s1. The van der Waals surface area contributed by atoms with Gasteiger partial charge in [-0.05, 0) is 26.3 Å². The second-order valence-corrected chi connectivity index (χ2v) is 7.20. The number of rotatable bonds is 5. The number of carbonyl (C=O) groups excluding carboxylic acids is 2. The largest absolute Gasteiger partial charge is 0.380 e. The lowest BCUT2D eigenvalue weighted by molar-refractivity contribution is -0.142. The maximum atomic E-state index is 13.1. The zero-order valence-corrected chi connectivity index (χ0v) is 14.9. The van der Waals surface area contributed by atoms with Crippen molar-refractivity contribution >= 4 is 11.8 Å². The Labute approximate surface area is 139 Å². The zero-order valence-electron chi connectivity index (χ0n) is 14.9. The van der Waals surface area contributed by atoms with Gasteiger partial charge in [-0.2, -0.15) is 0 Å². The van der Waals surface area contributed by atoms with Crippen LogP contribution in [-0.4, -0.2) is 73.6 Å². The molecule has 0 radical (unpaired) electrons. The third kappa shape index (κ3) is 4.23. The molecule has 1 heterocycles. The van der Waals surface area contributed by atoms with Crippen LogP contribution in [0.15, 0.2) is 0 Å². The number of methoxy groups -OCH3 is 1. The molecular formula is C17H31N3O3. The van der Waals surface area contributed by atoms with Crippen LogP contribution in [0.3, 0.4) is 0 Å². The van der Waals surface area contributed by atoms with E-state index >= 15 is 0 Å². The third-order valence-corrected chi connectivity index (χ3v) is 5.35. The molecule has 1 aliphatic heterocycles. The van der Waals surface area contributed by atoms with Gasteiger partial charge in [-0.15, -0.1) is 0 Å². The van der Waals surface area contributed by atoms with Gasteiger partial charge in [0, 0.05) is 40.2 Å². The number of likely N-dealkylation sites (tertiary alicyclic amines) is 1. The van der Waals surface area contributed by atoms with Crippen molar-refractivity contribution in [2.45, 2.75) is 63.1 Å². The summed E-state index contributed by atoms with van der Waals surface area (Å²) in [5, 5.41) is 2.96. The lowest BCUT2D eigenvalue weighted by atomic mass is 9.80. The Bertz CT molecular complexity index is 435. The van der Waals surface area contributed by atoms with Crippen molar-refractivity contribution in [2.75, 3.05) is 34.3 Å². The molecule has 2 atom stereocenters. The SMILES string of the molecule is CO[C@H]1C[C@@H](CN(C)C(=O)C2(NC(C)=O)CCCCC2)N(C)C1. The maximum absolute atomic E-state index is 13.1. The van der Waals surface area contributed by atoms with Crippen LogP contribution in [0.4, 0.5) is 0 Å². The molecular weight excluding hydrogens is 294 g/mol. The molecule has 23 heavy (non-hydrogen) atoms. The van der Waals surface area contributed by atoms with Gasteiger partial charge >= 0.3 is 0 Å². The van der Waals surface area contributed by atoms with E-state index in [0.29, 0.717) is 12.6 Å². The maximum Gasteiger partial charge on any atom is 0.248 e. The molecule has 6 heteroatoms. The first-order chi connectivity index (χ1) is 10.9. The van der Waals surface area contributed by atoms with Gasteiger partial charge in [0.05, 0.1) is 6.10 Å². The molecule has 0 unspecified atom stereocenters. The van der Waals surface area contributed by atoms with E-state index in [0.717, 1.165) is 45.1 Å². The Hall–Kier alpha value is -1.14. The first kappa shape index (κ1) is 18.2. The van der Waals surface area contributed by atoms with Gasteiger partial charge in [-0.1, -0.05) is 19.3 Å². The Morgan fingerprint density at radius 1 is 1.30 bits per heavy atom. The Morgan fingerprint density at radius 3 is 2.48 bits per heavy atom. The summed E-state index contributed by atoms with van der Waals surface area (Å²) in [6.07, 6.45) is 5.81. The fraction of sp³-hybridized carbons (Fsp3) is 0.882. The molecule has 2 fully saturated rings. The number of amides is 2. The van der Waals surface area contributed by atoms with E-state index in [2.05, 4.69) is 17.3 Å². The molecule has 6 nitrogen and oxygen atoms in total. The molecule has 1 saturated carbocycles. The smallest absolute Gasteiger partial charge is 0.248 e. The molecule has 1 saturated heterocycles. The topological polar surface area (TPSA) is 61.9 Å². The second kappa shape index (κ2) is 7.62. The molecule has 0 aromatic heterocycles. The van der Waals surface area contributed by atoms with Crippen molar-refractivity contribution in [3.05, 3.63) is 0 Å². The van der Waals surface area contributed by atoms with Crippen molar-refractivity contribution in [2.24, 2.45) is 0 Å². The number of nitrogens with zero attached hydrogens (tertiary/aromatic N) is 2. The highest BCUT2D eigenvalue weighted by Crippen LogP contribution is 2.30. The molecule has 0 bridgehead atoms. The van der Waals surface area contributed by atoms with Gasteiger partial charge in [0.15, 0.2) is 0 Å². The van der Waals surface area contributed by atoms with Crippen LogP contribution in [0.25, 0.3) is 0 Å². The summed E-state index contributed by atoms with van der Waals surface area (Å²) in [4.78, 5) is 28.7. The van der Waals surface area contributed by atoms with E-state index in [1.807, 2.05) is 7.05 Å². The molecule has 0 aromatic carbocycles. The van der Waals surface area contributed by atoms with Gasteiger partial charge in [-0.3, -0.25) is 14.5 Å². The number of hydrogen-bond acceptors (Lipinski definition) is 4. The summed E-state index contributed by atoms with van der Waals surface area (Å²) in [6.45, 7) is 3.08. The van der Waals surface area contributed by atoms with Gasteiger partial charge in [0.1, 0.15) is 5.54 Å². The first-order valence-electron chi connectivity index (χ1n) is 8.65. The van der Waals surface area contributed by atoms with E-state index in [1.54, 1.807) is 12.0 Å². The first-order valence-corrected chi connectivity index (χ1v) is 8.65. The average molecular weight is 325 g/mol. The predicted molar refractivity (Wildman–Crippen MR) is 89.1 cm³/mol. The van der Waals surface area contributed by atoms with E-state index in [-0.39, 0.29) is 17.9 Å². The molecule has 0 aromatic rings. The van der Waals surface area contributed by atoms with Crippen molar-refractivity contribution < 1.29 is 14.3 Å². The summed E-state index contributed by atoms with van der Waals surface area (Å²) in [5.41, 5.74) is -0.698. The van der Waals surface area contributed by atoms with Crippen molar-refractivity contribution in [3.8, 4) is 0 Å². The Balaban J connectivity index is 2.02. The van der Waals surface area contributed by atoms with Crippen LogP contribution in [0, 0.1) is 0 Å². The van der Waals surface area contributed by atoms with E-state index in [1.165, 1.54) is 6.92 Å². The molecule has 1 aliphatic carbocycles. The fourth-order valence-electron chi connectivity index (χ4n) is 4.06. The third-order valence-electron chi connectivity index (χ3n) is 5.35. The number of carbonyl (C=O) groups is 2. The number of hydrogen-bond donors (Lipinski definition) is 1. The summed E-state index contributed by atoms with van der Waals surface area (Å²) in [5.74, 6) is -0.0623. The van der Waals surface area contributed by atoms with Gasteiger partial charge in [0.2, 0.25) is 11.8 Å². The van der Waals surface area contributed by atoms with Crippen LogP contribution < -0.4 is 5.32 Å². The van der Waals surface area contributed by atoms with Crippen LogP contribution in [0.1, 0.15) is 45.4 Å². The average Bonchev–Trinajstić information content (AvgIpc) is 2.87. The number of nitrogens with one attached hydrogen (secondary N) is 1. The summed E-state index contributed by atoms with van der Waals surface area (Å²) >= 11 is 0. The van der Waals surface area contributed by atoms with Crippen LogP contribution in [-0.2, 0) is 14.3 Å². The molecule has 0 spiro atoms. The Kier molecular flexibility index (Phi) is 6.03. The van der Waals surface area contributed by atoms with Crippen LogP contribution in [0.5, 0.6) is 0 Å². The zero-order chi connectivity index (χ0) is 17.0. The lowest BCUT2D eigenvalue weighted by Gasteiger charge is -2.40. The summed E-state index contributed by atoms with van der Waals surface area (Å²) in [6, 6.07) is 0.312.